The summed E-state index contributed by atoms with van der Waals surface area (Å²) >= 11 is 0. The van der Waals surface area contributed by atoms with Gasteiger partial charge in [-0.25, -0.2) is 9.18 Å². The van der Waals surface area contributed by atoms with E-state index in [1.54, 1.807) is 6.07 Å². The van der Waals surface area contributed by atoms with Crippen LogP contribution in [-0.2, 0) is 4.74 Å². The fourth-order valence-electron chi connectivity index (χ4n) is 1.56. The summed E-state index contributed by atoms with van der Waals surface area (Å²) in [5.74, 6) is -1.29. The fourth-order valence-corrected chi connectivity index (χ4v) is 1.56. The molecular formula is C14H12FNO2. The highest BCUT2D eigenvalue weighted by molar-refractivity contribution is 5.90. The fraction of sp³-hybridized carbons (Fsp3) is 0.0714. The lowest BCUT2D eigenvalue weighted by molar-refractivity contribution is 0.0595. The number of ether oxygens (including phenoxy) is 1. The summed E-state index contributed by atoms with van der Waals surface area (Å²) in [6, 6.07) is 13.7. The number of rotatable bonds is 3. The third-order valence-electron chi connectivity index (χ3n) is 2.44. The molecule has 2 rings (SSSR count). The molecule has 2 aromatic rings. The van der Waals surface area contributed by atoms with Crippen LogP contribution in [0.2, 0.25) is 0 Å². The Hall–Kier alpha value is -2.36. The molecule has 0 fully saturated rings. The second kappa shape index (κ2) is 5.31. The largest absolute Gasteiger partial charge is 0.465 e. The molecule has 18 heavy (non-hydrogen) atoms. The second-order valence-electron chi connectivity index (χ2n) is 3.68. The van der Waals surface area contributed by atoms with Crippen molar-refractivity contribution in [2.24, 2.45) is 0 Å². The Balaban J connectivity index is 2.22. The average molecular weight is 245 g/mol. The van der Waals surface area contributed by atoms with Crippen molar-refractivity contribution in [3.63, 3.8) is 0 Å². The number of para-hydroxylation sites is 1. The Morgan fingerprint density at radius 3 is 2.44 bits per heavy atom. The molecule has 0 amide bonds. The lowest BCUT2D eigenvalue weighted by Gasteiger charge is -2.07. The molecule has 0 saturated heterocycles. The second-order valence-corrected chi connectivity index (χ2v) is 3.68. The number of hydrogen-bond donors (Lipinski definition) is 1. The summed E-state index contributed by atoms with van der Waals surface area (Å²) in [5.41, 5.74) is 1.35. The molecule has 0 aliphatic rings. The number of nitrogens with one attached hydrogen (secondary N) is 1. The maximum atomic E-state index is 13.6. The molecule has 1 N–H and O–H groups in total. The lowest BCUT2D eigenvalue weighted by atomic mass is 10.2. The smallest absolute Gasteiger partial charge is 0.340 e. The highest BCUT2D eigenvalue weighted by Gasteiger charge is 2.12. The zero-order valence-electron chi connectivity index (χ0n) is 9.81. The summed E-state index contributed by atoms with van der Waals surface area (Å²) in [6.45, 7) is 0. The maximum Gasteiger partial charge on any atom is 0.340 e. The van der Waals surface area contributed by atoms with Crippen LogP contribution in [0.25, 0.3) is 0 Å². The molecule has 0 aliphatic carbocycles. The molecule has 4 heteroatoms. The van der Waals surface area contributed by atoms with E-state index in [9.17, 15) is 9.18 Å². The van der Waals surface area contributed by atoms with Crippen molar-refractivity contribution < 1.29 is 13.9 Å². The number of carbonyl (C=O) groups is 1. The maximum absolute atomic E-state index is 13.6. The van der Waals surface area contributed by atoms with E-state index < -0.39 is 11.8 Å². The summed E-state index contributed by atoms with van der Waals surface area (Å²) in [4.78, 5) is 11.2. The molecule has 0 radical (unpaired) electrons. The van der Waals surface area contributed by atoms with E-state index >= 15 is 0 Å². The predicted molar refractivity (Wildman–Crippen MR) is 67.5 cm³/mol. The number of anilines is 2. The van der Waals surface area contributed by atoms with Crippen LogP contribution in [0.5, 0.6) is 0 Å². The molecule has 2 aromatic carbocycles. The average Bonchev–Trinajstić information content (AvgIpc) is 2.39. The summed E-state index contributed by atoms with van der Waals surface area (Å²) in [5, 5.41) is 3.04. The van der Waals surface area contributed by atoms with Crippen molar-refractivity contribution in [1.29, 1.82) is 0 Å². The van der Waals surface area contributed by atoms with E-state index in [0.29, 0.717) is 5.69 Å². The topological polar surface area (TPSA) is 38.3 Å². The van der Waals surface area contributed by atoms with E-state index in [0.717, 1.165) is 5.69 Å². The van der Waals surface area contributed by atoms with Crippen molar-refractivity contribution in [3.8, 4) is 0 Å². The number of benzene rings is 2. The van der Waals surface area contributed by atoms with Crippen LogP contribution in [-0.4, -0.2) is 13.1 Å². The van der Waals surface area contributed by atoms with Gasteiger partial charge in [0.05, 0.1) is 12.7 Å². The van der Waals surface area contributed by atoms with Gasteiger partial charge in [0.2, 0.25) is 0 Å². The molecule has 0 bridgehead atoms. The van der Waals surface area contributed by atoms with E-state index in [-0.39, 0.29) is 5.56 Å². The van der Waals surface area contributed by atoms with Gasteiger partial charge in [-0.3, -0.25) is 0 Å². The molecule has 0 aromatic heterocycles. The molecule has 92 valence electrons. The van der Waals surface area contributed by atoms with Crippen molar-refractivity contribution in [2.75, 3.05) is 12.4 Å². The van der Waals surface area contributed by atoms with Gasteiger partial charge in [-0.15, -0.1) is 0 Å². The summed E-state index contributed by atoms with van der Waals surface area (Å²) < 4.78 is 18.1. The summed E-state index contributed by atoms with van der Waals surface area (Å²) in [6.07, 6.45) is 0. The van der Waals surface area contributed by atoms with Crippen LogP contribution >= 0.6 is 0 Å². The molecule has 0 heterocycles. The lowest BCUT2D eigenvalue weighted by Crippen LogP contribution is -2.04. The predicted octanol–water partition coefficient (Wildman–Crippen LogP) is 3.36. The van der Waals surface area contributed by atoms with Crippen molar-refractivity contribution in [2.45, 2.75) is 0 Å². The van der Waals surface area contributed by atoms with Crippen LogP contribution in [0.1, 0.15) is 10.4 Å². The Bertz CT molecular complexity index is 555. The van der Waals surface area contributed by atoms with E-state index in [2.05, 4.69) is 10.1 Å². The first-order valence-electron chi connectivity index (χ1n) is 5.40. The number of halogens is 1. The Morgan fingerprint density at radius 2 is 1.83 bits per heavy atom. The quantitative estimate of drug-likeness (QED) is 0.843. The number of carbonyl (C=O) groups excluding carboxylic acids is 1. The molecule has 0 aliphatic heterocycles. The highest BCUT2D eigenvalue weighted by Crippen LogP contribution is 2.19. The van der Waals surface area contributed by atoms with Gasteiger partial charge in [-0.2, -0.15) is 0 Å². The first-order chi connectivity index (χ1) is 8.70. The highest BCUT2D eigenvalue weighted by atomic mass is 19.1. The molecule has 3 nitrogen and oxygen atoms in total. The Morgan fingerprint density at radius 1 is 1.11 bits per heavy atom. The standard InChI is InChI=1S/C14H12FNO2/c1-18-14(17)12-8-7-11(9-13(12)15)16-10-5-3-2-4-6-10/h2-9,16H,1H3. The number of methoxy groups -OCH3 is 1. The van der Waals surface area contributed by atoms with E-state index in [1.807, 2.05) is 30.3 Å². The van der Waals surface area contributed by atoms with Crippen LogP contribution in [0.3, 0.4) is 0 Å². The normalized spacial score (nSPS) is 9.89. The Kier molecular flexibility index (Phi) is 3.57. The van der Waals surface area contributed by atoms with Crippen LogP contribution in [0, 0.1) is 5.82 Å². The van der Waals surface area contributed by atoms with Crippen molar-refractivity contribution in [1.82, 2.24) is 0 Å². The Labute approximate surface area is 104 Å². The SMILES string of the molecule is COC(=O)c1ccc(Nc2ccccc2)cc1F. The number of esters is 1. The molecular weight excluding hydrogens is 233 g/mol. The zero-order valence-corrected chi connectivity index (χ0v) is 9.81. The van der Waals surface area contributed by atoms with Gasteiger partial charge >= 0.3 is 5.97 Å². The minimum absolute atomic E-state index is 0.0730. The van der Waals surface area contributed by atoms with Crippen molar-refractivity contribution >= 4 is 17.3 Å². The van der Waals surface area contributed by atoms with Gasteiger partial charge in [-0.1, -0.05) is 18.2 Å². The van der Waals surface area contributed by atoms with Crippen molar-refractivity contribution in [3.05, 3.63) is 59.9 Å². The molecule has 0 spiro atoms. The van der Waals surface area contributed by atoms with E-state index in [4.69, 9.17) is 0 Å². The monoisotopic (exact) mass is 245 g/mol. The van der Waals surface area contributed by atoms with Gasteiger partial charge in [0, 0.05) is 11.4 Å². The first kappa shape index (κ1) is 12.1. The van der Waals surface area contributed by atoms with Gasteiger partial charge in [0.25, 0.3) is 0 Å². The third-order valence-corrected chi connectivity index (χ3v) is 2.44. The number of hydrogen-bond acceptors (Lipinski definition) is 3. The van der Waals surface area contributed by atoms with E-state index in [1.165, 1.54) is 19.2 Å². The van der Waals surface area contributed by atoms with Gasteiger partial charge in [0.1, 0.15) is 5.82 Å². The van der Waals surface area contributed by atoms with Crippen LogP contribution in [0.15, 0.2) is 48.5 Å². The van der Waals surface area contributed by atoms with Gasteiger partial charge in [-0.05, 0) is 30.3 Å². The summed E-state index contributed by atoms with van der Waals surface area (Å²) in [7, 11) is 1.22. The van der Waals surface area contributed by atoms with Crippen LogP contribution in [0.4, 0.5) is 15.8 Å². The minimum Gasteiger partial charge on any atom is -0.465 e. The van der Waals surface area contributed by atoms with Crippen LogP contribution < -0.4 is 5.32 Å². The third kappa shape index (κ3) is 2.66. The zero-order chi connectivity index (χ0) is 13.0. The first-order valence-corrected chi connectivity index (χ1v) is 5.40. The molecule has 0 unspecified atom stereocenters. The molecule has 0 atom stereocenters. The minimum atomic E-state index is -0.682. The van der Waals surface area contributed by atoms with Gasteiger partial charge in [0.15, 0.2) is 0 Å². The molecule has 0 saturated carbocycles. The van der Waals surface area contributed by atoms with Gasteiger partial charge < -0.3 is 10.1 Å².